The molecule has 0 amide bonds. The molecule has 19 heavy (non-hydrogen) atoms. The van der Waals surface area contributed by atoms with Crippen LogP contribution in [0.3, 0.4) is 0 Å². The fourth-order valence-corrected chi connectivity index (χ4v) is 5.96. The molecule has 0 saturated heterocycles. The summed E-state index contributed by atoms with van der Waals surface area (Å²) in [7, 11) is 0. The highest BCUT2D eigenvalue weighted by molar-refractivity contribution is 6.22. The van der Waals surface area contributed by atoms with E-state index < -0.39 is 0 Å². The number of halogens is 1. The second kappa shape index (κ2) is 4.12. The molecule has 5 rings (SSSR count). The van der Waals surface area contributed by atoms with Gasteiger partial charge >= 0.3 is 0 Å². The van der Waals surface area contributed by atoms with Crippen LogP contribution in [0.15, 0.2) is 36.9 Å². The van der Waals surface area contributed by atoms with Crippen molar-refractivity contribution in [3.05, 3.63) is 42.5 Å². The lowest BCUT2D eigenvalue weighted by Gasteiger charge is -2.50. The van der Waals surface area contributed by atoms with E-state index in [4.69, 9.17) is 11.6 Å². The van der Waals surface area contributed by atoms with Crippen LogP contribution in [0.2, 0.25) is 0 Å². The van der Waals surface area contributed by atoms with Crippen molar-refractivity contribution in [2.45, 2.75) is 37.5 Å². The second-order valence-corrected chi connectivity index (χ2v) is 7.32. The summed E-state index contributed by atoms with van der Waals surface area (Å²) in [5.41, 5.74) is 2.98. The first-order chi connectivity index (χ1) is 9.22. The molecular formula is C18H21Cl. The fraction of sp³-hybridized carbons (Fsp3) is 0.556. The largest absolute Gasteiger partial charge is 0.122 e. The predicted molar refractivity (Wildman–Crippen MR) is 81.1 cm³/mol. The molecule has 0 nitrogen and oxygen atoms in total. The van der Waals surface area contributed by atoms with Crippen LogP contribution < -0.4 is 0 Å². The van der Waals surface area contributed by atoms with Crippen molar-refractivity contribution >= 4 is 17.2 Å². The lowest BCUT2D eigenvalue weighted by Crippen LogP contribution is -2.44. The van der Waals surface area contributed by atoms with E-state index >= 15 is 0 Å². The van der Waals surface area contributed by atoms with Crippen LogP contribution in [0.1, 0.15) is 37.7 Å². The number of benzene rings is 1. The van der Waals surface area contributed by atoms with E-state index in [2.05, 4.69) is 36.9 Å². The lowest BCUT2D eigenvalue weighted by molar-refractivity contribution is 0.00825. The van der Waals surface area contributed by atoms with E-state index in [9.17, 15) is 0 Å². The molecule has 4 aliphatic rings. The Bertz CT molecular complexity index is 502. The Morgan fingerprint density at radius 3 is 2.74 bits per heavy atom. The maximum atomic E-state index is 6.85. The highest BCUT2D eigenvalue weighted by atomic mass is 35.5. The smallest absolute Gasteiger partial charge is 0.0429 e. The van der Waals surface area contributed by atoms with Crippen molar-refractivity contribution in [1.82, 2.24) is 0 Å². The monoisotopic (exact) mass is 272 g/mol. The normalized spacial score (nSPS) is 42.8. The van der Waals surface area contributed by atoms with Gasteiger partial charge in [-0.3, -0.25) is 0 Å². The van der Waals surface area contributed by atoms with E-state index in [1.54, 1.807) is 0 Å². The molecule has 0 aliphatic heterocycles. The van der Waals surface area contributed by atoms with E-state index in [1.165, 1.54) is 36.8 Å². The van der Waals surface area contributed by atoms with Crippen LogP contribution in [-0.4, -0.2) is 5.38 Å². The number of hydrogen-bond donors (Lipinski definition) is 0. The molecule has 4 unspecified atom stereocenters. The Hall–Kier alpha value is -0.750. The third kappa shape index (κ3) is 1.53. The minimum Gasteiger partial charge on any atom is -0.122 e. The van der Waals surface area contributed by atoms with E-state index in [1.807, 2.05) is 0 Å². The van der Waals surface area contributed by atoms with E-state index in [0.29, 0.717) is 10.8 Å². The first-order valence-corrected chi connectivity index (χ1v) is 8.03. The van der Waals surface area contributed by atoms with Gasteiger partial charge in [0, 0.05) is 5.38 Å². The Morgan fingerprint density at radius 2 is 2.00 bits per heavy atom. The summed E-state index contributed by atoms with van der Waals surface area (Å²) in [6.07, 6.45) is 6.65. The summed E-state index contributed by atoms with van der Waals surface area (Å²) in [6, 6.07) is 10.6. The molecule has 100 valence electrons. The number of hydrogen-bond acceptors (Lipinski definition) is 0. The maximum Gasteiger partial charge on any atom is 0.0429 e. The van der Waals surface area contributed by atoms with E-state index in [-0.39, 0.29) is 0 Å². The van der Waals surface area contributed by atoms with Crippen LogP contribution >= 0.6 is 11.6 Å². The molecule has 0 spiro atoms. The van der Waals surface area contributed by atoms with Crippen molar-refractivity contribution in [2.75, 3.05) is 0 Å². The van der Waals surface area contributed by atoms with Crippen LogP contribution in [0.25, 0.3) is 5.57 Å². The number of allylic oxidation sites excluding steroid dienone is 1. The van der Waals surface area contributed by atoms with Gasteiger partial charge in [-0.1, -0.05) is 43.3 Å². The third-order valence-electron chi connectivity index (χ3n) is 6.12. The Balaban J connectivity index is 1.59. The van der Waals surface area contributed by atoms with Crippen molar-refractivity contribution in [1.29, 1.82) is 0 Å². The molecule has 0 aromatic heterocycles. The van der Waals surface area contributed by atoms with Crippen LogP contribution in [0.4, 0.5) is 0 Å². The number of rotatable bonds is 3. The maximum absolute atomic E-state index is 6.85. The minimum absolute atomic E-state index is 0.389. The summed E-state index contributed by atoms with van der Waals surface area (Å²) in [4.78, 5) is 0. The Kier molecular flexibility index (Phi) is 2.61. The third-order valence-corrected chi connectivity index (χ3v) is 6.88. The minimum atomic E-state index is 0.389. The topological polar surface area (TPSA) is 0 Å². The van der Waals surface area contributed by atoms with Crippen LogP contribution in [0, 0.1) is 23.2 Å². The molecule has 0 N–H and O–H groups in total. The molecule has 4 bridgehead atoms. The van der Waals surface area contributed by atoms with Crippen molar-refractivity contribution in [2.24, 2.45) is 23.2 Å². The van der Waals surface area contributed by atoms with Gasteiger partial charge in [-0.2, -0.15) is 0 Å². The quantitative estimate of drug-likeness (QED) is 0.669. The van der Waals surface area contributed by atoms with Crippen LogP contribution in [0.5, 0.6) is 0 Å². The first kappa shape index (κ1) is 12.0. The zero-order valence-electron chi connectivity index (χ0n) is 11.3. The van der Waals surface area contributed by atoms with Gasteiger partial charge < -0.3 is 0 Å². The zero-order valence-corrected chi connectivity index (χ0v) is 12.1. The zero-order chi connectivity index (χ0) is 13.0. The summed E-state index contributed by atoms with van der Waals surface area (Å²) < 4.78 is 0. The first-order valence-electron chi connectivity index (χ1n) is 7.60. The molecule has 0 radical (unpaired) electrons. The van der Waals surface area contributed by atoms with Crippen molar-refractivity contribution in [3.63, 3.8) is 0 Å². The van der Waals surface area contributed by atoms with Gasteiger partial charge in [-0.05, 0) is 60.0 Å². The van der Waals surface area contributed by atoms with Gasteiger partial charge in [-0.15, -0.1) is 11.6 Å². The molecule has 1 heteroatoms. The molecule has 4 saturated carbocycles. The van der Waals surface area contributed by atoms with Gasteiger partial charge in [0.25, 0.3) is 0 Å². The predicted octanol–water partition coefficient (Wildman–Crippen LogP) is 5.13. The molecule has 4 fully saturated rings. The van der Waals surface area contributed by atoms with Gasteiger partial charge in [0.05, 0.1) is 0 Å². The average Bonchev–Trinajstić information content (AvgIpc) is 2.77. The summed E-state index contributed by atoms with van der Waals surface area (Å²) in [5, 5.41) is 0.408. The van der Waals surface area contributed by atoms with Crippen LogP contribution in [-0.2, 0) is 0 Å². The standard InChI is InChI=1S/C18H21Cl/c1-12(13-6-3-2-4-7-13)10-18-11-15-14(17(18)19)8-5-9-16(15)18/h2-4,6-7,14-17H,1,5,8-11H2/t14?,15?,16?,17-,18?/m0/s1. The lowest BCUT2D eigenvalue weighted by atomic mass is 9.54. The average molecular weight is 273 g/mol. The second-order valence-electron chi connectivity index (χ2n) is 6.85. The summed E-state index contributed by atoms with van der Waals surface area (Å²) in [5.74, 6) is 2.65. The van der Waals surface area contributed by atoms with E-state index in [0.717, 1.165) is 24.2 Å². The summed E-state index contributed by atoms with van der Waals surface area (Å²) >= 11 is 6.85. The van der Waals surface area contributed by atoms with Gasteiger partial charge in [-0.25, -0.2) is 0 Å². The van der Waals surface area contributed by atoms with Gasteiger partial charge in [0.15, 0.2) is 0 Å². The van der Waals surface area contributed by atoms with Crippen molar-refractivity contribution in [3.8, 4) is 0 Å². The molecule has 5 atom stereocenters. The Morgan fingerprint density at radius 1 is 1.21 bits per heavy atom. The summed E-state index contributed by atoms with van der Waals surface area (Å²) in [6.45, 7) is 4.35. The van der Waals surface area contributed by atoms with Crippen molar-refractivity contribution < 1.29 is 0 Å². The molecule has 1 aromatic rings. The van der Waals surface area contributed by atoms with Gasteiger partial charge in [0.1, 0.15) is 0 Å². The Labute approximate surface area is 120 Å². The highest BCUT2D eigenvalue weighted by Crippen LogP contribution is 2.74. The molecule has 1 aromatic carbocycles. The number of alkyl halides is 1. The highest BCUT2D eigenvalue weighted by Gasteiger charge is 2.69. The SMILES string of the molecule is C=C(CC12CC3C(CCCC31)[C@@H]2Cl)c1ccccc1. The molecule has 4 aliphatic carbocycles. The molecular weight excluding hydrogens is 252 g/mol. The fourth-order valence-electron chi connectivity index (χ4n) is 5.32. The molecule has 0 heterocycles. The van der Waals surface area contributed by atoms with Gasteiger partial charge in [0.2, 0.25) is 0 Å².